The van der Waals surface area contributed by atoms with Gasteiger partial charge >= 0.3 is 0 Å². The molecule has 1 N–H and O–H groups in total. The zero-order valence-electron chi connectivity index (χ0n) is 13.1. The Hall–Kier alpha value is -0.810. The summed E-state index contributed by atoms with van der Waals surface area (Å²) in [5.74, 6) is 0.739. The number of carbonyl (C=O) groups excluding carboxylic acids is 1. The van der Waals surface area contributed by atoms with Gasteiger partial charge in [-0.05, 0) is 67.2 Å². The molecule has 2 heterocycles. The average molecular weight is 356 g/mol. The van der Waals surface area contributed by atoms with Crippen molar-refractivity contribution in [2.24, 2.45) is 5.92 Å². The maximum absolute atomic E-state index is 12.8. The minimum atomic E-state index is 0.155. The second kappa shape index (κ2) is 7.99. The summed E-state index contributed by atoms with van der Waals surface area (Å²) in [4.78, 5) is 14.8. The molecular weight excluding hydrogens is 330 g/mol. The Morgan fingerprint density at radius 1 is 1.52 bits per heavy atom. The summed E-state index contributed by atoms with van der Waals surface area (Å²) in [6.45, 7) is 8.85. The molecule has 0 saturated carbocycles. The molecule has 118 valence electrons. The molecule has 2 rings (SSSR count). The number of halogens is 1. The number of nitrogens with one attached hydrogen (secondary N) is 1. The number of hydrogen-bond acceptors (Lipinski definition) is 2. The van der Waals surface area contributed by atoms with Crippen LogP contribution >= 0.6 is 15.9 Å². The predicted molar refractivity (Wildman–Crippen MR) is 89.6 cm³/mol. The van der Waals surface area contributed by atoms with E-state index in [9.17, 15) is 4.79 Å². The summed E-state index contributed by atoms with van der Waals surface area (Å²) in [5.41, 5.74) is 0.800. The van der Waals surface area contributed by atoms with Crippen LogP contribution in [-0.4, -0.2) is 41.6 Å². The number of rotatable bonds is 6. The molecule has 5 heteroatoms. The molecule has 0 aromatic carbocycles. The molecule has 1 unspecified atom stereocenters. The van der Waals surface area contributed by atoms with Crippen molar-refractivity contribution < 1.29 is 4.79 Å². The molecule has 1 aliphatic rings. The van der Waals surface area contributed by atoms with Gasteiger partial charge in [0.1, 0.15) is 5.69 Å². The van der Waals surface area contributed by atoms with Gasteiger partial charge in [-0.1, -0.05) is 6.92 Å². The fraction of sp³-hybridized carbons (Fsp3) is 0.688. The van der Waals surface area contributed by atoms with Crippen molar-refractivity contribution in [3.05, 3.63) is 22.4 Å². The Kier molecular flexibility index (Phi) is 6.30. The smallest absolute Gasteiger partial charge is 0.270 e. The van der Waals surface area contributed by atoms with E-state index < -0.39 is 0 Å². The van der Waals surface area contributed by atoms with Crippen molar-refractivity contribution >= 4 is 21.8 Å². The molecule has 1 amide bonds. The SMILES string of the molecule is CCCn1cc(Br)cc1C(=O)N(CC)CC1CCCNC1. The lowest BCUT2D eigenvalue weighted by Gasteiger charge is -2.29. The zero-order valence-corrected chi connectivity index (χ0v) is 14.7. The van der Waals surface area contributed by atoms with Crippen LogP contribution in [0.3, 0.4) is 0 Å². The fourth-order valence-electron chi connectivity index (χ4n) is 2.99. The third-order valence-corrected chi connectivity index (χ3v) is 4.53. The van der Waals surface area contributed by atoms with Crippen LogP contribution in [0.4, 0.5) is 0 Å². The molecule has 1 aromatic rings. The van der Waals surface area contributed by atoms with E-state index in [0.717, 1.165) is 49.3 Å². The third-order valence-electron chi connectivity index (χ3n) is 4.09. The largest absolute Gasteiger partial charge is 0.342 e. The predicted octanol–water partition coefficient (Wildman–Crippen LogP) is 3.12. The Morgan fingerprint density at radius 3 is 2.95 bits per heavy atom. The highest BCUT2D eigenvalue weighted by atomic mass is 79.9. The van der Waals surface area contributed by atoms with E-state index in [0.29, 0.717) is 5.92 Å². The Labute approximate surface area is 136 Å². The first-order chi connectivity index (χ1) is 10.2. The summed E-state index contributed by atoms with van der Waals surface area (Å²) in [7, 11) is 0. The summed E-state index contributed by atoms with van der Waals surface area (Å²) < 4.78 is 3.04. The summed E-state index contributed by atoms with van der Waals surface area (Å²) in [5, 5.41) is 3.43. The number of aryl methyl sites for hydroxylation is 1. The minimum Gasteiger partial charge on any atom is -0.342 e. The highest BCUT2D eigenvalue weighted by Gasteiger charge is 2.23. The average Bonchev–Trinajstić information content (AvgIpc) is 2.86. The first-order valence-electron chi connectivity index (χ1n) is 8.01. The second-order valence-corrected chi connectivity index (χ2v) is 6.71. The van der Waals surface area contributed by atoms with Crippen LogP contribution in [-0.2, 0) is 6.54 Å². The van der Waals surface area contributed by atoms with Gasteiger partial charge in [0.05, 0.1) is 0 Å². The molecule has 0 bridgehead atoms. The lowest BCUT2D eigenvalue weighted by molar-refractivity contribution is 0.0718. The van der Waals surface area contributed by atoms with Gasteiger partial charge in [0.15, 0.2) is 0 Å². The van der Waals surface area contributed by atoms with Crippen LogP contribution in [0.25, 0.3) is 0 Å². The van der Waals surface area contributed by atoms with E-state index in [1.807, 2.05) is 17.2 Å². The van der Waals surface area contributed by atoms with E-state index in [4.69, 9.17) is 0 Å². The van der Waals surface area contributed by atoms with E-state index in [1.165, 1.54) is 12.8 Å². The highest BCUT2D eigenvalue weighted by Crippen LogP contribution is 2.19. The Morgan fingerprint density at radius 2 is 2.33 bits per heavy atom. The van der Waals surface area contributed by atoms with E-state index in [-0.39, 0.29) is 5.91 Å². The molecule has 0 aliphatic carbocycles. The standard InChI is InChI=1S/C16H26BrN3O/c1-3-8-20-12-14(17)9-15(20)16(21)19(4-2)11-13-6-5-7-18-10-13/h9,12-13,18H,3-8,10-11H2,1-2H3. The van der Waals surface area contributed by atoms with Crippen LogP contribution in [0.5, 0.6) is 0 Å². The van der Waals surface area contributed by atoms with E-state index in [1.54, 1.807) is 0 Å². The zero-order chi connectivity index (χ0) is 15.2. The molecule has 1 saturated heterocycles. The molecule has 4 nitrogen and oxygen atoms in total. The van der Waals surface area contributed by atoms with Crippen molar-refractivity contribution in [2.45, 2.75) is 39.7 Å². The van der Waals surface area contributed by atoms with Gasteiger partial charge in [0.25, 0.3) is 5.91 Å². The first kappa shape index (κ1) is 16.6. The van der Waals surface area contributed by atoms with Gasteiger partial charge in [-0.25, -0.2) is 0 Å². The van der Waals surface area contributed by atoms with E-state index >= 15 is 0 Å². The van der Waals surface area contributed by atoms with Crippen molar-refractivity contribution in [3.8, 4) is 0 Å². The molecule has 1 atom stereocenters. The van der Waals surface area contributed by atoms with E-state index in [2.05, 4.69) is 39.7 Å². The number of nitrogens with zero attached hydrogens (tertiary/aromatic N) is 2. The van der Waals surface area contributed by atoms with Crippen LogP contribution < -0.4 is 5.32 Å². The van der Waals surface area contributed by atoms with Gasteiger partial charge in [-0.2, -0.15) is 0 Å². The Bertz CT molecular complexity index is 466. The molecule has 1 aliphatic heterocycles. The number of aromatic nitrogens is 1. The normalized spacial score (nSPS) is 18.7. The number of carbonyl (C=O) groups is 1. The molecule has 0 spiro atoms. The molecule has 0 radical (unpaired) electrons. The van der Waals surface area contributed by atoms with Crippen LogP contribution in [0.2, 0.25) is 0 Å². The van der Waals surface area contributed by atoms with Crippen LogP contribution in [0.1, 0.15) is 43.6 Å². The fourth-order valence-corrected chi connectivity index (χ4v) is 3.45. The topological polar surface area (TPSA) is 37.3 Å². The van der Waals surface area contributed by atoms with Crippen molar-refractivity contribution in [1.82, 2.24) is 14.8 Å². The van der Waals surface area contributed by atoms with Gasteiger partial charge in [0, 0.05) is 30.3 Å². The maximum Gasteiger partial charge on any atom is 0.270 e. The minimum absolute atomic E-state index is 0.155. The molecule has 21 heavy (non-hydrogen) atoms. The molecule has 1 fully saturated rings. The van der Waals surface area contributed by atoms with Crippen LogP contribution in [0.15, 0.2) is 16.7 Å². The second-order valence-electron chi connectivity index (χ2n) is 5.79. The summed E-state index contributed by atoms with van der Waals surface area (Å²) in [6.07, 6.45) is 5.47. The monoisotopic (exact) mass is 355 g/mol. The maximum atomic E-state index is 12.8. The van der Waals surface area contributed by atoms with Gasteiger partial charge in [-0.3, -0.25) is 4.79 Å². The third kappa shape index (κ3) is 4.33. The number of amides is 1. The van der Waals surface area contributed by atoms with Crippen molar-refractivity contribution in [2.75, 3.05) is 26.2 Å². The lowest BCUT2D eigenvalue weighted by atomic mass is 9.99. The highest BCUT2D eigenvalue weighted by molar-refractivity contribution is 9.10. The van der Waals surface area contributed by atoms with Crippen LogP contribution in [0, 0.1) is 5.92 Å². The summed E-state index contributed by atoms with van der Waals surface area (Å²) >= 11 is 3.49. The van der Waals surface area contributed by atoms with Gasteiger partial charge in [0.2, 0.25) is 0 Å². The van der Waals surface area contributed by atoms with Gasteiger partial charge in [-0.15, -0.1) is 0 Å². The van der Waals surface area contributed by atoms with Gasteiger partial charge < -0.3 is 14.8 Å². The molecular formula is C16H26BrN3O. The van der Waals surface area contributed by atoms with Crippen molar-refractivity contribution in [3.63, 3.8) is 0 Å². The van der Waals surface area contributed by atoms with Crippen molar-refractivity contribution in [1.29, 1.82) is 0 Å². The lowest BCUT2D eigenvalue weighted by Crippen LogP contribution is -2.41. The number of hydrogen-bond donors (Lipinski definition) is 1. The number of piperidine rings is 1. The summed E-state index contributed by atoms with van der Waals surface area (Å²) in [6, 6.07) is 1.94. The Balaban J connectivity index is 2.08. The molecule has 1 aromatic heterocycles. The first-order valence-corrected chi connectivity index (χ1v) is 8.80. The quantitative estimate of drug-likeness (QED) is 0.850.